The summed E-state index contributed by atoms with van der Waals surface area (Å²) < 4.78 is 4.75. The third kappa shape index (κ3) is 5.96. The maximum Gasteiger partial charge on any atom is 0.164 e. The molecule has 4 heterocycles. The second kappa shape index (κ2) is 14.7. The predicted molar refractivity (Wildman–Crippen MR) is 253 cm³/mol. The Balaban J connectivity index is 1.07. The molecule has 12 aromatic rings. The van der Waals surface area contributed by atoms with Gasteiger partial charge < -0.3 is 4.57 Å². The molecule has 0 saturated carbocycles. The highest BCUT2D eigenvalue weighted by molar-refractivity contribution is 6.26. The van der Waals surface area contributed by atoms with Crippen molar-refractivity contribution in [3.63, 3.8) is 0 Å². The van der Waals surface area contributed by atoms with Crippen molar-refractivity contribution in [2.75, 3.05) is 0 Å². The third-order valence-electron chi connectivity index (χ3n) is 11.8. The first kappa shape index (κ1) is 35.5. The highest BCUT2D eigenvalue weighted by Crippen LogP contribution is 2.42. The van der Waals surface area contributed by atoms with Gasteiger partial charge in [0, 0.05) is 49.5 Å². The zero-order valence-electron chi connectivity index (χ0n) is 33.5. The standard InChI is InChI=1S/C56H36N6/c1-5-17-37(18-6-1)42-35-47(38-19-7-2-8-20-38)57-51(36-42)62-48-27-15-13-25-44(48)45-33-34-50-52(53(45)62)46-26-14-16-28-49(46)61(50)43-31-29-41(30-32-43)56-59-54(39-21-9-3-10-22-39)58-55(60-56)40-23-11-4-12-24-40/h1-36H. The first-order valence-electron chi connectivity index (χ1n) is 20.8. The van der Waals surface area contributed by atoms with E-state index in [1.54, 1.807) is 0 Å². The first-order chi connectivity index (χ1) is 30.7. The van der Waals surface area contributed by atoms with Gasteiger partial charge in [-0.25, -0.2) is 19.9 Å². The van der Waals surface area contributed by atoms with Crippen molar-refractivity contribution in [3.05, 3.63) is 218 Å². The maximum atomic E-state index is 5.45. The molecule has 0 amide bonds. The van der Waals surface area contributed by atoms with Gasteiger partial charge in [-0.1, -0.05) is 164 Å². The van der Waals surface area contributed by atoms with Crippen molar-refractivity contribution in [2.24, 2.45) is 0 Å². The Labute approximate surface area is 357 Å². The van der Waals surface area contributed by atoms with Crippen LogP contribution < -0.4 is 0 Å². The van der Waals surface area contributed by atoms with Crippen LogP contribution in [0, 0.1) is 0 Å². The van der Waals surface area contributed by atoms with E-state index < -0.39 is 0 Å². The highest BCUT2D eigenvalue weighted by atomic mass is 15.1. The van der Waals surface area contributed by atoms with Gasteiger partial charge in [-0.2, -0.15) is 0 Å². The van der Waals surface area contributed by atoms with E-state index in [0.717, 1.165) is 72.6 Å². The summed E-state index contributed by atoms with van der Waals surface area (Å²) in [5.41, 5.74) is 12.5. The Kier molecular flexibility index (Phi) is 8.38. The SMILES string of the molecule is c1ccc(-c2cc(-c3ccccc3)nc(-n3c4ccccc4c4ccc5c(c6ccccc6n5-c5ccc(-c6nc(-c7ccccc7)nc(-c7ccccc7)n6)cc5)c43)c2)cc1. The molecule has 4 aromatic heterocycles. The van der Waals surface area contributed by atoms with Crippen molar-refractivity contribution < 1.29 is 0 Å². The van der Waals surface area contributed by atoms with E-state index in [4.69, 9.17) is 19.9 Å². The van der Waals surface area contributed by atoms with E-state index in [2.05, 4.69) is 167 Å². The summed E-state index contributed by atoms with van der Waals surface area (Å²) in [5, 5.41) is 4.70. The molecule has 0 N–H and O–H groups in total. The van der Waals surface area contributed by atoms with Crippen LogP contribution in [0.5, 0.6) is 0 Å². The third-order valence-corrected chi connectivity index (χ3v) is 11.8. The van der Waals surface area contributed by atoms with E-state index in [0.29, 0.717) is 17.5 Å². The molecule has 0 saturated heterocycles. The van der Waals surface area contributed by atoms with Crippen LogP contribution in [-0.4, -0.2) is 29.1 Å². The van der Waals surface area contributed by atoms with Crippen molar-refractivity contribution in [3.8, 4) is 68.1 Å². The Hall–Kier alpha value is -8.48. The molecule has 12 rings (SSSR count). The zero-order valence-corrected chi connectivity index (χ0v) is 33.5. The van der Waals surface area contributed by atoms with Crippen molar-refractivity contribution in [1.82, 2.24) is 29.1 Å². The van der Waals surface area contributed by atoms with E-state index in [-0.39, 0.29) is 0 Å². The molecule has 0 aliphatic rings. The Morgan fingerprint density at radius 2 is 0.774 bits per heavy atom. The van der Waals surface area contributed by atoms with Crippen LogP contribution in [0.15, 0.2) is 218 Å². The molecule has 0 unspecified atom stereocenters. The van der Waals surface area contributed by atoms with Crippen LogP contribution in [0.25, 0.3) is 112 Å². The number of nitrogens with zero attached hydrogens (tertiary/aromatic N) is 6. The second-order valence-corrected chi connectivity index (χ2v) is 15.5. The molecular formula is C56H36N6. The number of para-hydroxylation sites is 2. The molecule has 0 fully saturated rings. The second-order valence-electron chi connectivity index (χ2n) is 15.5. The summed E-state index contributed by atoms with van der Waals surface area (Å²) in [6, 6.07) is 76.2. The highest BCUT2D eigenvalue weighted by Gasteiger charge is 2.22. The fourth-order valence-corrected chi connectivity index (χ4v) is 8.91. The van der Waals surface area contributed by atoms with E-state index in [1.807, 2.05) is 60.7 Å². The summed E-state index contributed by atoms with van der Waals surface area (Å²) in [4.78, 5) is 20.4. The largest absolute Gasteiger partial charge is 0.309 e. The number of aromatic nitrogens is 6. The van der Waals surface area contributed by atoms with Crippen LogP contribution in [0.3, 0.4) is 0 Å². The van der Waals surface area contributed by atoms with Crippen molar-refractivity contribution in [2.45, 2.75) is 0 Å². The lowest BCUT2D eigenvalue weighted by Crippen LogP contribution is -2.01. The smallest absolute Gasteiger partial charge is 0.164 e. The molecule has 6 heteroatoms. The van der Waals surface area contributed by atoms with Crippen LogP contribution in [0.2, 0.25) is 0 Å². The average Bonchev–Trinajstić information content (AvgIpc) is 3.88. The zero-order chi connectivity index (χ0) is 41.0. The van der Waals surface area contributed by atoms with Crippen LogP contribution in [-0.2, 0) is 0 Å². The van der Waals surface area contributed by atoms with Crippen LogP contribution >= 0.6 is 0 Å². The summed E-state index contributed by atoms with van der Waals surface area (Å²) in [6.45, 7) is 0. The van der Waals surface area contributed by atoms with Gasteiger partial charge in [-0.3, -0.25) is 4.57 Å². The summed E-state index contributed by atoms with van der Waals surface area (Å²) in [6.07, 6.45) is 0. The maximum absolute atomic E-state index is 5.45. The number of fused-ring (bicyclic) bond motifs is 7. The number of hydrogen-bond donors (Lipinski definition) is 0. The minimum atomic E-state index is 0.623. The van der Waals surface area contributed by atoms with Crippen LogP contribution in [0.4, 0.5) is 0 Å². The summed E-state index contributed by atoms with van der Waals surface area (Å²) in [7, 11) is 0. The predicted octanol–water partition coefficient (Wildman–Crippen LogP) is 13.8. The first-order valence-corrected chi connectivity index (χ1v) is 20.8. The lowest BCUT2D eigenvalue weighted by atomic mass is 10.0. The Morgan fingerprint density at radius 3 is 1.37 bits per heavy atom. The lowest BCUT2D eigenvalue weighted by Gasteiger charge is -2.14. The van der Waals surface area contributed by atoms with Gasteiger partial charge in [-0.05, 0) is 65.7 Å². The summed E-state index contributed by atoms with van der Waals surface area (Å²) >= 11 is 0. The minimum Gasteiger partial charge on any atom is -0.309 e. The fourth-order valence-electron chi connectivity index (χ4n) is 8.91. The molecule has 290 valence electrons. The quantitative estimate of drug-likeness (QED) is 0.161. The fraction of sp³-hybridized carbons (Fsp3) is 0. The molecule has 0 bridgehead atoms. The normalized spacial score (nSPS) is 11.5. The summed E-state index contributed by atoms with van der Waals surface area (Å²) in [5.74, 6) is 2.77. The number of benzene rings is 8. The Morgan fingerprint density at radius 1 is 0.290 bits per heavy atom. The molecule has 62 heavy (non-hydrogen) atoms. The van der Waals surface area contributed by atoms with E-state index in [9.17, 15) is 0 Å². The van der Waals surface area contributed by atoms with Gasteiger partial charge in [0.2, 0.25) is 0 Å². The topological polar surface area (TPSA) is 61.4 Å². The number of pyridine rings is 1. The minimum absolute atomic E-state index is 0.623. The molecular weight excluding hydrogens is 757 g/mol. The molecule has 6 nitrogen and oxygen atoms in total. The molecule has 8 aromatic carbocycles. The molecule has 0 radical (unpaired) electrons. The van der Waals surface area contributed by atoms with Crippen molar-refractivity contribution in [1.29, 1.82) is 0 Å². The number of rotatable bonds is 7. The van der Waals surface area contributed by atoms with Crippen LogP contribution in [0.1, 0.15) is 0 Å². The molecule has 0 aliphatic carbocycles. The van der Waals surface area contributed by atoms with Gasteiger partial charge in [0.05, 0.1) is 27.8 Å². The van der Waals surface area contributed by atoms with Gasteiger partial charge in [0.25, 0.3) is 0 Å². The van der Waals surface area contributed by atoms with E-state index in [1.165, 1.54) is 21.5 Å². The van der Waals surface area contributed by atoms with Gasteiger partial charge in [-0.15, -0.1) is 0 Å². The molecule has 0 atom stereocenters. The van der Waals surface area contributed by atoms with Crippen molar-refractivity contribution >= 4 is 43.6 Å². The monoisotopic (exact) mass is 792 g/mol. The molecule has 0 spiro atoms. The Bertz CT molecular complexity index is 3480. The van der Waals surface area contributed by atoms with Gasteiger partial charge in [0.1, 0.15) is 5.82 Å². The lowest BCUT2D eigenvalue weighted by molar-refractivity contribution is 1.07. The van der Waals surface area contributed by atoms with Gasteiger partial charge in [0.15, 0.2) is 17.5 Å². The van der Waals surface area contributed by atoms with Gasteiger partial charge >= 0.3 is 0 Å². The van der Waals surface area contributed by atoms with E-state index >= 15 is 0 Å². The molecule has 0 aliphatic heterocycles. The average molecular weight is 793 g/mol. The number of hydrogen-bond acceptors (Lipinski definition) is 4.